The molecule has 0 spiro atoms. The Morgan fingerprint density at radius 3 is 2.00 bits per heavy atom. The summed E-state index contributed by atoms with van der Waals surface area (Å²) in [6.07, 6.45) is 0. The van der Waals surface area contributed by atoms with Crippen molar-refractivity contribution in [1.29, 1.82) is 0 Å². The third-order valence-electron chi connectivity index (χ3n) is 1.13. The SMILES string of the molecule is C1CNNN1.O=C1CSC(=O)N1. The number of thioether (sulfide) groups is 1. The molecule has 6 nitrogen and oxygen atoms in total. The Morgan fingerprint density at radius 1 is 1.17 bits per heavy atom. The number of hydrazine groups is 2. The van der Waals surface area contributed by atoms with Crippen molar-refractivity contribution in [3.05, 3.63) is 0 Å². The molecule has 68 valence electrons. The molecule has 4 N–H and O–H groups in total. The van der Waals surface area contributed by atoms with E-state index in [1.165, 1.54) is 0 Å². The summed E-state index contributed by atoms with van der Waals surface area (Å²) in [6.45, 7) is 2.06. The Balaban J connectivity index is 0.000000127. The first-order valence-electron chi connectivity index (χ1n) is 3.46. The van der Waals surface area contributed by atoms with Gasteiger partial charge in [0.2, 0.25) is 5.91 Å². The highest BCUT2D eigenvalue weighted by Gasteiger charge is 2.16. The molecule has 2 aliphatic heterocycles. The van der Waals surface area contributed by atoms with Gasteiger partial charge in [-0.1, -0.05) is 11.8 Å². The van der Waals surface area contributed by atoms with E-state index < -0.39 is 0 Å². The van der Waals surface area contributed by atoms with Crippen LogP contribution in [0.1, 0.15) is 0 Å². The number of hydrogen-bond donors (Lipinski definition) is 4. The minimum Gasteiger partial charge on any atom is -0.286 e. The largest absolute Gasteiger partial charge is 0.286 e. The summed E-state index contributed by atoms with van der Waals surface area (Å²) in [5, 5.41) is 1.87. The average molecular weight is 190 g/mol. The van der Waals surface area contributed by atoms with Crippen LogP contribution in [0.25, 0.3) is 0 Å². The molecule has 0 atom stereocenters. The summed E-state index contributed by atoms with van der Waals surface area (Å²) in [4.78, 5) is 20.2. The van der Waals surface area contributed by atoms with Crippen molar-refractivity contribution in [1.82, 2.24) is 21.7 Å². The molecule has 0 aromatic carbocycles. The van der Waals surface area contributed by atoms with E-state index in [4.69, 9.17) is 0 Å². The third-order valence-corrected chi connectivity index (χ3v) is 1.90. The molecular weight excluding hydrogens is 180 g/mol. The second-order valence-electron chi connectivity index (χ2n) is 2.10. The lowest BCUT2D eigenvalue weighted by Crippen LogP contribution is -2.29. The van der Waals surface area contributed by atoms with Crippen molar-refractivity contribution in [2.75, 3.05) is 18.8 Å². The van der Waals surface area contributed by atoms with Crippen LogP contribution in [0.2, 0.25) is 0 Å². The fraction of sp³-hybridized carbons (Fsp3) is 0.600. The summed E-state index contributed by atoms with van der Waals surface area (Å²) >= 11 is 1.01. The number of carbonyl (C=O) groups excluding carboxylic acids is 2. The van der Waals surface area contributed by atoms with Crippen molar-refractivity contribution < 1.29 is 9.59 Å². The van der Waals surface area contributed by atoms with Gasteiger partial charge >= 0.3 is 0 Å². The van der Waals surface area contributed by atoms with Gasteiger partial charge in [0.05, 0.1) is 5.75 Å². The van der Waals surface area contributed by atoms with Crippen molar-refractivity contribution >= 4 is 22.9 Å². The van der Waals surface area contributed by atoms with Gasteiger partial charge in [-0.2, -0.15) is 5.53 Å². The van der Waals surface area contributed by atoms with E-state index in [-0.39, 0.29) is 11.1 Å². The molecule has 0 aromatic heterocycles. The Bertz CT molecular complexity index is 161. The first-order valence-corrected chi connectivity index (χ1v) is 4.45. The van der Waals surface area contributed by atoms with E-state index in [0.29, 0.717) is 5.75 Å². The maximum atomic E-state index is 10.1. The molecule has 0 bridgehead atoms. The summed E-state index contributed by atoms with van der Waals surface area (Å²) in [7, 11) is 0. The Kier molecular flexibility index (Phi) is 4.01. The van der Waals surface area contributed by atoms with Crippen LogP contribution in [-0.2, 0) is 4.79 Å². The quantitative estimate of drug-likeness (QED) is 0.375. The number of hydrogen-bond acceptors (Lipinski definition) is 6. The molecule has 0 unspecified atom stereocenters. The lowest BCUT2D eigenvalue weighted by atomic mass is 10.7. The minimum absolute atomic E-state index is 0.185. The number of carbonyl (C=O) groups is 2. The number of amides is 2. The molecule has 2 rings (SSSR count). The van der Waals surface area contributed by atoms with Crippen LogP contribution >= 0.6 is 11.8 Å². The highest BCUT2D eigenvalue weighted by atomic mass is 32.2. The molecule has 0 aliphatic carbocycles. The second kappa shape index (κ2) is 5.09. The van der Waals surface area contributed by atoms with Gasteiger partial charge in [-0.25, -0.2) is 10.9 Å². The fourth-order valence-electron chi connectivity index (χ4n) is 0.630. The van der Waals surface area contributed by atoms with Gasteiger partial charge < -0.3 is 0 Å². The van der Waals surface area contributed by atoms with Crippen LogP contribution in [-0.4, -0.2) is 30.0 Å². The van der Waals surface area contributed by atoms with Crippen LogP contribution in [0.4, 0.5) is 4.79 Å². The van der Waals surface area contributed by atoms with E-state index in [1.807, 2.05) is 0 Å². The van der Waals surface area contributed by atoms with Gasteiger partial charge in [-0.05, 0) is 0 Å². The van der Waals surface area contributed by atoms with Gasteiger partial charge in [0, 0.05) is 13.1 Å². The van der Waals surface area contributed by atoms with Crippen molar-refractivity contribution in [3.63, 3.8) is 0 Å². The zero-order valence-corrected chi connectivity index (χ0v) is 7.16. The molecule has 0 aromatic rings. The van der Waals surface area contributed by atoms with Gasteiger partial charge in [-0.15, -0.1) is 0 Å². The standard InChI is InChI=1S/C3H3NO2S.C2H7N3/c5-2-1-7-3(6)4-2;1-2-4-5-3-1/h1H2,(H,4,5,6);3-5H,1-2H2. The summed E-state index contributed by atoms with van der Waals surface area (Å²) in [6, 6.07) is 0. The van der Waals surface area contributed by atoms with Gasteiger partial charge in [0.15, 0.2) is 0 Å². The van der Waals surface area contributed by atoms with Crippen LogP contribution in [0.15, 0.2) is 0 Å². The molecular formula is C5H10N4O2S. The van der Waals surface area contributed by atoms with Crippen LogP contribution in [0.5, 0.6) is 0 Å². The summed E-state index contributed by atoms with van der Waals surface area (Å²) in [5.74, 6) is 0.105. The highest BCUT2D eigenvalue weighted by molar-refractivity contribution is 8.14. The smallest absolute Gasteiger partial charge is 0.286 e. The van der Waals surface area contributed by atoms with Crippen molar-refractivity contribution in [2.24, 2.45) is 0 Å². The van der Waals surface area contributed by atoms with Gasteiger partial charge in [0.25, 0.3) is 5.24 Å². The normalized spacial score (nSPS) is 21.7. The van der Waals surface area contributed by atoms with E-state index in [1.54, 1.807) is 0 Å². The maximum Gasteiger partial charge on any atom is 0.286 e. The van der Waals surface area contributed by atoms with Crippen molar-refractivity contribution in [2.45, 2.75) is 0 Å². The summed E-state index contributed by atoms with van der Waals surface area (Å²) < 4.78 is 0. The number of rotatable bonds is 0. The molecule has 0 saturated carbocycles. The van der Waals surface area contributed by atoms with Gasteiger partial charge in [0.1, 0.15) is 0 Å². The lowest BCUT2D eigenvalue weighted by molar-refractivity contribution is -0.117. The monoisotopic (exact) mass is 190 g/mol. The average Bonchev–Trinajstić information content (AvgIpc) is 2.63. The van der Waals surface area contributed by atoms with E-state index in [9.17, 15) is 9.59 Å². The number of imide groups is 1. The summed E-state index contributed by atoms with van der Waals surface area (Å²) in [5.41, 5.74) is 8.44. The predicted octanol–water partition coefficient (Wildman–Crippen LogP) is -1.43. The Labute approximate surface area is 73.8 Å². The molecule has 12 heavy (non-hydrogen) atoms. The maximum absolute atomic E-state index is 10.1. The number of nitrogens with one attached hydrogen (secondary N) is 4. The fourth-order valence-corrected chi connectivity index (χ4v) is 1.15. The molecule has 2 saturated heterocycles. The van der Waals surface area contributed by atoms with Gasteiger partial charge in [-0.3, -0.25) is 14.9 Å². The molecule has 7 heteroatoms. The third kappa shape index (κ3) is 3.67. The van der Waals surface area contributed by atoms with E-state index in [0.717, 1.165) is 24.9 Å². The molecule has 0 radical (unpaired) electrons. The molecule has 2 aliphatic rings. The second-order valence-corrected chi connectivity index (χ2v) is 3.05. The zero-order chi connectivity index (χ0) is 8.81. The van der Waals surface area contributed by atoms with E-state index >= 15 is 0 Å². The van der Waals surface area contributed by atoms with Crippen LogP contribution in [0.3, 0.4) is 0 Å². The Hall–Kier alpha value is -0.630. The van der Waals surface area contributed by atoms with Crippen LogP contribution in [0, 0.1) is 0 Å². The first-order chi connectivity index (χ1) is 5.79. The highest BCUT2D eigenvalue weighted by Crippen LogP contribution is 2.06. The molecule has 2 amide bonds. The minimum atomic E-state index is -0.231. The zero-order valence-electron chi connectivity index (χ0n) is 6.35. The lowest BCUT2D eigenvalue weighted by Gasteiger charge is -1.82. The Morgan fingerprint density at radius 2 is 1.83 bits per heavy atom. The molecule has 2 fully saturated rings. The van der Waals surface area contributed by atoms with Crippen molar-refractivity contribution in [3.8, 4) is 0 Å². The first kappa shape index (κ1) is 9.46. The molecule has 2 heterocycles. The predicted molar refractivity (Wildman–Crippen MR) is 45.1 cm³/mol. The van der Waals surface area contributed by atoms with E-state index in [2.05, 4.69) is 21.7 Å². The topological polar surface area (TPSA) is 82.3 Å². The van der Waals surface area contributed by atoms with Crippen LogP contribution < -0.4 is 21.7 Å².